The minimum Gasteiger partial charge on any atom is -0.452 e. The van der Waals surface area contributed by atoms with Crippen LogP contribution < -0.4 is 4.90 Å². The maximum atomic E-state index is 12.4. The largest absolute Gasteiger partial charge is 0.452 e. The van der Waals surface area contributed by atoms with Crippen molar-refractivity contribution in [3.63, 3.8) is 0 Å². The lowest BCUT2D eigenvalue weighted by molar-refractivity contribution is 0.151. The Labute approximate surface area is 142 Å². The molecule has 2 aromatic rings. The normalized spacial score (nSPS) is 12.7. The lowest BCUT2D eigenvalue weighted by Gasteiger charge is -2.33. The molecule has 0 aliphatic rings. The van der Waals surface area contributed by atoms with E-state index in [0.717, 1.165) is 16.1 Å². The molecule has 6 heteroatoms. The molecule has 0 radical (unpaired) electrons. The van der Waals surface area contributed by atoms with Gasteiger partial charge in [-0.2, -0.15) is 0 Å². The van der Waals surface area contributed by atoms with Crippen molar-refractivity contribution >= 4 is 31.4 Å². The zero-order valence-electron chi connectivity index (χ0n) is 14.2. The monoisotopic (exact) mass is 349 g/mol. The van der Waals surface area contributed by atoms with E-state index in [2.05, 4.69) is 19.6 Å². The van der Waals surface area contributed by atoms with E-state index in [9.17, 15) is 4.79 Å². The summed E-state index contributed by atoms with van der Waals surface area (Å²) in [7, 11) is -0.412. The van der Waals surface area contributed by atoms with Gasteiger partial charge in [0.15, 0.2) is 8.32 Å². The number of carbonyl (C=O) groups excluding carboxylic acids is 1. The van der Waals surface area contributed by atoms with Gasteiger partial charge in [0, 0.05) is 10.4 Å². The Morgan fingerprint density at radius 3 is 2.43 bits per heavy atom. The van der Waals surface area contributed by atoms with Crippen LogP contribution >= 0.6 is 11.3 Å². The summed E-state index contributed by atoms with van der Waals surface area (Å²) in [5.74, 6) is 0. The molecule has 1 atom stereocenters. The second kappa shape index (κ2) is 7.29. The van der Waals surface area contributed by atoms with Crippen LogP contribution in [-0.2, 0) is 9.16 Å². The predicted octanol–water partition coefficient (Wildman–Crippen LogP) is 5.19. The second-order valence-corrected chi connectivity index (χ2v) is 11.6. The van der Waals surface area contributed by atoms with Gasteiger partial charge in [0.05, 0.1) is 12.8 Å². The quantitative estimate of drug-likeness (QED) is 0.551. The number of anilines is 1. The highest BCUT2D eigenvalue weighted by Gasteiger charge is 2.29. The first-order chi connectivity index (χ1) is 10.8. The minimum absolute atomic E-state index is 0.393. The first-order valence-electron chi connectivity index (χ1n) is 7.51. The molecule has 124 valence electrons. The molecule has 0 fully saturated rings. The lowest BCUT2D eigenvalue weighted by Crippen LogP contribution is -2.45. The van der Waals surface area contributed by atoms with E-state index >= 15 is 0 Å². The summed E-state index contributed by atoms with van der Waals surface area (Å²) in [6, 6.07) is 11.9. The maximum Gasteiger partial charge on any atom is 0.416 e. The van der Waals surface area contributed by atoms with E-state index in [1.807, 2.05) is 48.7 Å². The van der Waals surface area contributed by atoms with Gasteiger partial charge in [0.1, 0.15) is 6.23 Å². The van der Waals surface area contributed by atoms with E-state index in [4.69, 9.17) is 9.16 Å². The zero-order valence-corrected chi connectivity index (χ0v) is 16.0. The van der Waals surface area contributed by atoms with Crippen molar-refractivity contribution in [2.24, 2.45) is 0 Å². The van der Waals surface area contributed by atoms with Crippen LogP contribution in [0.15, 0.2) is 41.8 Å². The molecule has 4 nitrogen and oxygen atoms in total. The van der Waals surface area contributed by atoms with Gasteiger partial charge in [-0.1, -0.05) is 24.3 Å². The third-order valence-electron chi connectivity index (χ3n) is 3.21. The van der Waals surface area contributed by atoms with Gasteiger partial charge in [0.25, 0.3) is 0 Å². The van der Waals surface area contributed by atoms with Crippen molar-refractivity contribution in [2.75, 3.05) is 12.0 Å². The smallest absolute Gasteiger partial charge is 0.416 e. The Kier molecular flexibility index (Phi) is 5.62. The molecule has 0 bridgehead atoms. The summed E-state index contributed by atoms with van der Waals surface area (Å²) in [4.78, 5) is 15.1. The molecule has 0 N–H and O–H groups in total. The number of amides is 1. The first-order valence-corrected chi connectivity index (χ1v) is 11.8. The molecule has 1 aromatic heterocycles. The Bertz CT molecular complexity index is 652. The van der Waals surface area contributed by atoms with Crippen LogP contribution in [0.5, 0.6) is 0 Å². The number of para-hydroxylation sites is 1. The van der Waals surface area contributed by atoms with E-state index in [1.54, 1.807) is 16.2 Å². The van der Waals surface area contributed by atoms with Gasteiger partial charge in [-0.3, -0.25) is 4.90 Å². The van der Waals surface area contributed by atoms with Crippen LogP contribution in [0.1, 0.15) is 6.92 Å². The minimum atomic E-state index is -1.81. The van der Waals surface area contributed by atoms with Crippen LogP contribution in [0.4, 0.5) is 10.5 Å². The maximum absolute atomic E-state index is 12.4. The highest BCUT2D eigenvalue weighted by Crippen LogP contribution is 2.35. The molecule has 0 aliphatic carbocycles. The van der Waals surface area contributed by atoms with Crippen molar-refractivity contribution < 1.29 is 14.0 Å². The number of nitrogens with zero attached hydrogens (tertiary/aromatic N) is 1. The first kappa shape index (κ1) is 17.7. The highest BCUT2D eigenvalue weighted by atomic mass is 32.1. The number of methoxy groups -OCH3 is 1. The fourth-order valence-electron chi connectivity index (χ4n) is 2.43. The Hall–Kier alpha value is -1.63. The SMILES string of the molecule is COC(=O)N(c1ccccc1-c1cccs1)C(C)O[Si](C)(C)C. The molecule has 0 spiro atoms. The molecule has 2 rings (SSSR count). The van der Waals surface area contributed by atoms with E-state index < -0.39 is 20.6 Å². The molecule has 1 aromatic carbocycles. The summed E-state index contributed by atoms with van der Waals surface area (Å²) < 4.78 is 11.1. The topological polar surface area (TPSA) is 38.8 Å². The number of ether oxygens (including phenoxy) is 1. The Morgan fingerprint density at radius 2 is 1.87 bits per heavy atom. The van der Waals surface area contributed by atoms with Crippen LogP contribution in [-0.4, -0.2) is 27.7 Å². The molecular formula is C17H23NO3SSi. The number of thiophene rings is 1. The molecule has 1 amide bonds. The van der Waals surface area contributed by atoms with Crippen molar-refractivity contribution in [3.05, 3.63) is 41.8 Å². The number of rotatable bonds is 5. The van der Waals surface area contributed by atoms with Crippen LogP contribution in [0.2, 0.25) is 19.6 Å². The number of hydrogen-bond donors (Lipinski definition) is 0. The van der Waals surface area contributed by atoms with Crippen molar-refractivity contribution in [1.29, 1.82) is 0 Å². The molecule has 1 heterocycles. The van der Waals surface area contributed by atoms with Gasteiger partial charge in [-0.25, -0.2) is 4.79 Å². The zero-order chi connectivity index (χ0) is 17.0. The van der Waals surface area contributed by atoms with Crippen LogP contribution in [0, 0.1) is 0 Å². The highest BCUT2D eigenvalue weighted by molar-refractivity contribution is 7.13. The van der Waals surface area contributed by atoms with E-state index in [1.165, 1.54) is 7.11 Å². The van der Waals surface area contributed by atoms with Gasteiger partial charge < -0.3 is 9.16 Å². The standard InChI is InChI=1S/C17H23NO3SSi/c1-13(21-23(3,4)5)18(17(19)20-2)15-10-7-6-9-14(15)16-11-8-12-22-16/h6-13H,1-5H3. The average molecular weight is 350 g/mol. The van der Waals surface area contributed by atoms with Crippen molar-refractivity contribution in [1.82, 2.24) is 0 Å². The third-order valence-corrected chi connectivity index (χ3v) is 5.16. The van der Waals surface area contributed by atoms with E-state index in [0.29, 0.717) is 0 Å². The molecule has 1 unspecified atom stereocenters. The van der Waals surface area contributed by atoms with Crippen molar-refractivity contribution in [2.45, 2.75) is 32.8 Å². The van der Waals surface area contributed by atoms with Crippen LogP contribution in [0.3, 0.4) is 0 Å². The average Bonchev–Trinajstić information content (AvgIpc) is 3.00. The fraction of sp³-hybridized carbons (Fsp3) is 0.353. The summed E-state index contributed by atoms with van der Waals surface area (Å²) in [6.45, 7) is 8.19. The Balaban J connectivity index is 2.47. The molecular weight excluding hydrogens is 326 g/mol. The Morgan fingerprint density at radius 1 is 1.17 bits per heavy atom. The molecule has 0 saturated carbocycles. The molecule has 0 saturated heterocycles. The summed E-state index contributed by atoms with van der Waals surface area (Å²) >= 11 is 1.64. The van der Waals surface area contributed by atoms with Crippen LogP contribution in [0.25, 0.3) is 10.4 Å². The summed E-state index contributed by atoms with van der Waals surface area (Å²) in [6.07, 6.45) is -0.810. The summed E-state index contributed by atoms with van der Waals surface area (Å²) in [5, 5.41) is 2.02. The van der Waals surface area contributed by atoms with Crippen molar-refractivity contribution in [3.8, 4) is 10.4 Å². The second-order valence-electron chi connectivity index (χ2n) is 6.16. The number of benzene rings is 1. The summed E-state index contributed by atoms with van der Waals surface area (Å²) in [5.41, 5.74) is 1.80. The molecule has 0 aliphatic heterocycles. The van der Waals surface area contributed by atoms with Gasteiger partial charge >= 0.3 is 6.09 Å². The lowest BCUT2D eigenvalue weighted by atomic mass is 10.1. The third kappa shape index (κ3) is 4.43. The van der Waals surface area contributed by atoms with Gasteiger partial charge in [0.2, 0.25) is 0 Å². The predicted molar refractivity (Wildman–Crippen MR) is 98.5 cm³/mol. The van der Waals surface area contributed by atoms with E-state index in [-0.39, 0.29) is 0 Å². The molecule has 23 heavy (non-hydrogen) atoms. The van der Waals surface area contributed by atoms with Gasteiger partial charge in [-0.15, -0.1) is 11.3 Å². The van der Waals surface area contributed by atoms with Gasteiger partial charge in [-0.05, 0) is 44.1 Å². The number of carbonyl (C=O) groups is 1. The number of hydrogen-bond acceptors (Lipinski definition) is 4. The fourth-order valence-corrected chi connectivity index (χ4v) is 4.32.